The van der Waals surface area contributed by atoms with Gasteiger partial charge in [-0.1, -0.05) is 49.5 Å². The molecule has 0 aromatic rings. The van der Waals surface area contributed by atoms with E-state index in [1.165, 1.54) is 5.57 Å². The van der Waals surface area contributed by atoms with Crippen LogP contribution >= 0.6 is 0 Å². The smallest absolute Gasteiger partial charge is 0.0273 e. The molecule has 0 amide bonds. The predicted molar refractivity (Wildman–Crippen MR) is 67.5 cm³/mol. The second-order valence-electron chi connectivity index (χ2n) is 5.11. The molecule has 0 radical (unpaired) electrons. The molecule has 0 aliphatic heterocycles. The Bertz CT molecular complexity index is 462. The standard InChI is InChI=1S/C15H17N/c1-15-9-3-2-4-12(15)6-5-11-10-13(16)7-8-14(11)15/h2-4,6-11,14H,5,16H2,1H3. The Morgan fingerprint density at radius 3 is 3.06 bits per heavy atom. The summed E-state index contributed by atoms with van der Waals surface area (Å²) >= 11 is 0. The molecular weight excluding hydrogens is 194 g/mol. The lowest BCUT2D eigenvalue weighted by Gasteiger charge is -2.44. The topological polar surface area (TPSA) is 26.0 Å². The fraction of sp³-hybridized carbons (Fsp3) is 0.333. The van der Waals surface area contributed by atoms with E-state index in [1.807, 2.05) is 0 Å². The summed E-state index contributed by atoms with van der Waals surface area (Å²) in [7, 11) is 0. The average molecular weight is 211 g/mol. The molecule has 3 unspecified atom stereocenters. The van der Waals surface area contributed by atoms with E-state index in [9.17, 15) is 0 Å². The first kappa shape index (κ1) is 9.71. The summed E-state index contributed by atoms with van der Waals surface area (Å²) in [6, 6.07) is 0. The molecule has 82 valence electrons. The highest BCUT2D eigenvalue weighted by atomic mass is 14.6. The zero-order valence-electron chi connectivity index (χ0n) is 9.56. The van der Waals surface area contributed by atoms with Gasteiger partial charge in [-0.05, 0) is 29.9 Å². The van der Waals surface area contributed by atoms with Gasteiger partial charge in [0.1, 0.15) is 0 Å². The Balaban J connectivity index is 2.07. The molecule has 1 nitrogen and oxygen atoms in total. The van der Waals surface area contributed by atoms with Crippen molar-refractivity contribution in [2.75, 3.05) is 0 Å². The lowest BCUT2D eigenvalue weighted by molar-refractivity contribution is 0.276. The van der Waals surface area contributed by atoms with Gasteiger partial charge in [0.25, 0.3) is 0 Å². The van der Waals surface area contributed by atoms with Crippen molar-refractivity contribution in [3.63, 3.8) is 0 Å². The van der Waals surface area contributed by atoms with E-state index in [2.05, 4.69) is 55.5 Å². The van der Waals surface area contributed by atoms with Crippen LogP contribution < -0.4 is 5.73 Å². The molecule has 3 rings (SSSR count). The average Bonchev–Trinajstić information content (AvgIpc) is 2.28. The molecule has 3 aliphatic carbocycles. The number of fused-ring (bicyclic) bond motifs is 3. The second kappa shape index (κ2) is 3.24. The van der Waals surface area contributed by atoms with Crippen molar-refractivity contribution in [2.24, 2.45) is 23.0 Å². The van der Waals surface area contributed by atoms with Gasteiger partial charge in [0.2, 0.25) is 0 Å². The van der Waals surface area contributed by atoms with E-state index in [4.69, 9.17) is 5.73 Å². The van der Waals surface area contributed by atoms with E-state index in [0.717, 1.165) is 12.1 Å². The van der Waals surface area contributed by atoms with Crippen LogP contribution in [-0.4, -0.2) is 0 Å². The Morgan fingerprint density at radius 1 is 1.31 bits per heavy atom. The third kappa shape index (κ3) is 1.24. The summed E-state index contributed by atoms with van der Waals surface area (Å²) < 4.78 is 0. The maximum Gasteiger partial charge on any atom is 0.0273 e. The summed E-state index contributed by atoms with van der Waals surface area (Å²) in [5, 5.41) is 0. The number of hydrogen-bond donors (Lipinski definition) is 1. The quantitative estimate of drug-likeness (QED) is 0.654. The van der Waals surface area contributed by atoms with Gasteiger partial charge < -0.3 is 5.73 Å². The first-order valence-corrected chi connectivity index (χ1v) is 5.92. The summed E-state index contributed by atoms with van der Waals surface area (Å²) in [6.07, 6.45) is 18.9. The monoisotopic (exact) mass is 211 g/mol. The van der Waals surface area contributed by atoms with Crippen LogP contribution in [0.3, 0.4) is 0 Å². The van der Waals surface area contributed by atoms with Crippen LogP contribution in [0.2, 0.25) is 0 Å². The van der Waals surface area contributed by atoms with Gasteiger partial charge in [0.15, 0.2) is 0 Å². The highest BCUT2D eigenvalue weighted by Gasteiger charge is 2.41. The number of nitrogens with two attached hydrogens (primary N) is 1. The summed E-state index contributed by atoms with van der Waals surface area (Å²) in [5.74, 6) is 1.12. The minimum atomic E-state index is 0.158. The third-order valence-electron chi connectivity index (χ3n) is 4.12. The second-order valence-corrected chi connectivity index (χ2v) is 5.11. The van der Waals surface area contributed by atoms with Crippen LogP contribution in [0.15, 0.2) is 59.9 Å². The van der Waals surface area contributed by atoms with Crippen molar-refractivity contribution in [2.45, 2.75) is 13.3 Å². The molecule has 1 heteroatoms. The van der Waals surface area contributed by atoms with E-state index in [0.29, 0.717) is 11.8 Å². The zero-order valence-corrected chi connectivity index (χ0v) is 9.56. The first-order valence-electron chi connectivity index (χ1n) is 5.92. The van der Waals surface area contributed by atoms with Crippen LogP contribution in [0.1, 0.15) is 13.3 Å². The lowest BCUT2D eigenvalue weighted by atomic mass is 9.60. The number of hydrogen-bond acceptors (Lipinski definition) is 1. The molecule has 0 bridgehead atoms. The van der Waals surface area contributed by atoms with Gasteiger partial charge in [-0.25, -0.2) is 0 Å². The van der Waals surface area contributed by atoms with E-state index in [-0.39, 0.29) is 5.41 Å². The van der Waals surface area contributed by atoms with Gasteiger partial charge in [0.05, 0.1) is 0 Å². The Labute approximate surface area is 96.7 Å². The van der Waals surface area contributed by atoms with Gasteiger partial charge in [-0.15, -0.1) is 0 Å². The van der Waals surface area contributed by atoms with E-state index < -0.39 is 0 Å². The highest BCUT2D eigenvalue weighted by Crippen LogP contribution is 2.50. The Morgan fingerprint density at radius 2 is 2.19 bits per heavy atom. The van der Waals surface area contributed by atoms with Gasteiger partial charge >= 0.3 is 0 Å². The van der Waals surface area contributed by atoms with Crippen molar-refractivity contribution in [1.29, 1.82) is 0 Å². The lowest BCUT2D eigenvalue weighted by Crippen LogP contribution is -2.36. The SMILES string of the molecule is CC12C=CC=CC1=CCC1C=C(N)C=CC12. The molecule has 0 heterocycles. The highest BCUT2D eigenvalue weighted by molar-refractivity contribution is 5.44. The summed E-state index contributed by atoms with van der Waals surface area (Å²) in [5.41, 5.74) is 8.40. The minimum Gasteiger partial charge on any atom is -0.399 e. The van der Waals surface area contributed by atoms with Crippen molar-refractivity contribution < 1.29 is 0 Å². The summed E-state index contributed by atoms with van der Waals surface area (Å²) in [4.78, 5) is 0. The molecule has 0 spiro atoms. The molecule has 16 heavy (non-hydrogen) atoms. The van der Waals surface area contributed by atoms with Crippen molar-refractivity contribution in [1.82, 2.24) is 0 Å². The molecular formula is C15H17N. The van der Waals surface area contributed by atoms with E-state index >= 15 is 0 Å². The predicted octanol–water partition coefficient (Wildman–Crippen LogP) is 3.09. The van der Waals surface area contributed by atoms with Crippen LogP contribution in [0, 0.1) is 17.3 Å². The Hall–Kier alpha value is -1.50. The fourth-order valence-corrected chi connectivity index (χ4v) is 3.17. The third-order valence-corrected chi connectivity index (χ3v) is 4.12. The van der Waals surface area contributed by atoms with E-state index in [1.54, 1.807) is 0 Å². The normalized spacial score (nSPS) is 39.8. The molecule has 3 aliphatic rings. The minimum absolute atomic E-state index is 0.158. The zero-order chi connectivity index (χ0) is 11.2. The molecule has 0 saturated heterocycles. The first-order chi connectivity index (χ1) is 7.70. The number of rotatable bonds is 0. The largest absolute Gasteiger partial charge is 0.399 e. The van der Waals surface area contributed by atoms with Crippen LogP contribution in [0.4, 0.5) is 0 Å². The van der Waals surface area contributed by atoms with Crippen molar-refractivity contribution in [3.05, 3.63) is 59.9 Å². The van der Waals surface area contributed by atoms with Crippen molar-refractivity contribution in [3.8, 4) is 0 Å². The Kier molecular flexibility index (Phi) is 1.97. The van der Waals surface area contributed by atoms with Crippen LogP contribution in [-0.2, 0) is 0 Å². The van der Waals surface area contributed by atoms with Gasteiger partial charge in [0, 0.05) is 11.1 Å². The molecule has 0 fully saturated rings. The number of allylic oxidation sites excluding steroid dienone is 9. The maximum absolute atomic E-state index is 5.87. The summed E-state index contributed by atoms with van der Waals surface area (Å²) in [6.45, 7) is 2.33. The van der Waals surface area contributed by atoms with Crippen molar-refractivity contribution >= 4 is 0 Å². The molecule has 0 aromatic carbocycles. The molecule has 2 N–H and O–H groups in total. The molecule has 3 atom stereocenters. The van der Waals surface area contributed by atoms with Gasteiger partial charge in [-0.2, -0.15) is 0 Å². The van der Waals surface area contributed by atoms with Crippen LogP contribution in [0.5, 0.6) is 0 Å². The van der Waals surface area contributed by atoms with Gasteiger partial charge in [-0.3, -0.25) is 0 Å². The maximum atomic E-state index is 5.87. The fourth-order valence-electron chi connectivity index (χ4n) is 3.17. The molecule has 0 saturated carbocycles. The molecule has 0 aromatic heterocycles. The van der Waals surface area contributed by atoms with Crippen LogP contribution in [0.25, 0.3) is 0 Å².